The van der Waals surface area contributed by atoms with Crippen LogP contribution in [0.3, 0.4) is 0 Å². The van der Waals surface area contributed by atoms with Crippen molar-refractivity contribution < 1.29 is 9.53 Å². The van der Waals surface area contributed by atoms with Gasteiger partial charge in [-0.05, 0) is 31.5 Å². The average molecular weight is 286 g/mol. The van der Waals surface area contributed by atoms with E-state index in [1.54, 1.807) is 13.1 Å². The molecular formula is C12H16BrNO2. The largest absolute Gasteiger partial charge is 0.414 e. The van der Waals surface area contributed by atoms with Gasteiger partial charge in [-0.15, -0.1) is 0 Å². The normalized spacial score (nSPS) is 12.0. The van der Waals surface area contributed by atoms with Gasteiger partial charge in [0.15, 0.2) is 0 Å². The third kappa shape index (κ3) is 3.52. The van der Waals surface area contributed by atoms with Crippen LogP contribution in [0.1, 0.15) is 24.2 Å². The number of rotatable bonds is 3. The second kappa shape index (κ2) is 5.89. The van der Waals surface area contributed by atoms with Gasteiger partial charge in [0.25, 0.3) is 0 Å². The first-order valence-electron chi connectivity index (χ1n) is 5.21. The molecule has 0 aliphatic rings. The van der Waals surface area contributed by atoms with Crippen molar-refractivity contribution in [2.45, 2.75) is 18.7 Å². The second-order valence-corrected chi connectivity index (χ2v) is 4.94. The number of hydrogen-bond acceptors (Lipinski definition) is 2. The summed E-state index contributed by atoms with van der Waals surface area (Å²) in [4.78, 5) is 13.3. The molecule has 16 heavy (non-hydrogen) atoms. The van der Waals surface area contributed by atoms with Crippen LogP contribution in [-0.2, 0) is 0 Å². The van der Waals surface area contributed by atoms with Gasteiger partial charge in [-0.1, -0.05) is 28.1 Å². The Morgan fingerprint density at radius 2 is 2.25 bits per heavy atom. The second-order valence-electron chi connectivity index (χ2n) is 3.57. The van der Waals surface area contributed by atoms with Gasteiger partial charge in [-0.3, -0.25) is 0 Å². The van der Waals surface area contributed by atoms with E-state index in [0.717, 1.165) is 5.56 Å². The van der Waals surface area contributed by atoms with Crippen LogP contribution in [0.4, 0.5) is 4.79 Å². The van der Waals surface area contributed by atoms with E-state index in [1.807, 2.05) is 32.0 Å². The van der Waals surface area contributed by atoms with Gasteiger partial charge < -0.3 is 9.64 Å². The number of carbonyl (C=O) groups excluding carboxylic acids is 1. The van der Waals surface area contributed by atoms with E-state index >= 15 is 0 Å². The molecule has 0 heterocycles. The number of ether oxygens (including phenoxy) is 1. The summed E-state index contributed by atoms with van der Waals surface area (Å²) in [5.41, 5.74) is 1.09. The van der Waals surface area contributed by atoms with Crippen molar-refractivity contribution in [3.05, 3.63) is 29.8 Å². The zero-order valence-electron chi connectivity index (χ0n) is 9.74. The molecule has 0 aliphatic heterocycles. The average Bonchev–Trinajstić information content (AvgIpc) is 2.28. The Kier molecular flexibility index (Phi) is 4.80. The number of nitrogens with zero attached hydrogens (tertiary/aromatic N) is 1. The molecule has 1 aromatic rings. The molecule has 1 atom stereocenters. The van der Waals surface area contributed by atoms with Gasteiger partial charge in [0.05, 0.1) is 0 Å². The lowest BCUT2D eigenvalue weighted by molar-refractivity contribution is 0.165. The Balaban J connectivity index is 2.74. The third-order valence-electron chi connectivity index (χ3n) is 2.31. The summed E-state index contributed by atoms with van der Waals surface area (Å²) in [7, 11) is 1.71. The highest BCUT2D eigenvalue weighted by molar-refractivity contribution is 9.09. The lowest BCUT2D eigenvalue weighted by Crippen LogP contribution is -2.29. The van der Waals surface area contributed by atoms with Gasteiger partial charge in [0.1, 0.15) is 5.75 Å². The number of benzene rings is 1. The van der Waals surface area contributed by atoms with Crippen LogP contribution in [0.2, 0.25) is 0 Å². The molecule has 0 N–H and O–H groups in total. The predicted molar refractivity (Wildman–Crippen MR) is 68.1 cm³/mol. The van der Waals surface area contributed by atoms with E-state index in [0.29, 0.717) is 12.3 Å². The summed E-state index contributed by atoms with van der Waals surface area (Å²) in [5, 5.41) is 0. The summed E-state index contributed by atoms with van der Waals surface area (Å²) in [6, 6.07) is 7.50. The summed E-state index contributed by atoms with van der Waals surface area (Å²) >= 11 is 3.47. The molecule has 0 saturated carbocycles. The van der Waals surface area contributed by atoms with Gasteiger partial charge in [-0.2, -0.15) is 0 Å². The first-order chi connectivity index (χ1) is 7.54. The predicted octanol–water partition coefficient (Wildman–Crippen LogP) is 3.59. The first-order valence-corrected chi connectivity index (χ1v) is 6.13. The zero-order chi connectivity index (χ0) is 12.1. The van der Waals surface area contributed by atoms with Gasteiger partial charge in [0, 0.05) is 18.4 Å². The fourth-order valence-electron chi connectivity index (χ4n) is 1.13. The molecule has 88 valence electrons. The molecule has 1 rings (SSSR count). The number of carbonyl (C=O) groups is 1. The van der Waals surface area contributed by atoms with Crippen molar-refractivity contribution in [3.8, 4) is 5.75 Å². The number of hydrogen-bond donors (Lipinski definition) is 0. The Morgan fingerprint density at radius 1 is 1.56 bits per heavy atom. The molecule has 0 bridgehead atoms. The van der Waals surface area contributed by atoms with Crippen molar-refractivity contribution in [3.63, 3.8) is 0 Å². The summed E-state index contributed by atoms with van der Waals surface area (Å²) < 4.78 is 5.22. The third-order valence-corrected chi connectivity index (χ3v) is 2.84. The smallest absolute Gasteiger partial charge is 0.410 e. The molecule has 1 unspecified atom stereocenters. The maximum absolute atomic E-state index is 11.5. The monoisotopic (exact) mass is 285 g/mol. The molecule has 0 fully saturated rings. The Labute approximate surface area is 105 Å². The molecule has 4 heteroatoms. The molecule has 0 saturated heterocycles. The fraction of sp³-hybridized carbons (Fsp3) is 0.417. The lowest BCUT2D eigenvalue weighted by atomic mass is 10.2. The van der Waals surface area contributed by atoms with Crippen molar-refractivity contribution in [2.24, 2.45) is 0 Å². The van der Waals surface area contributed by atoms with Crippen LogP contribution in [0.5, 0.6) is 5.75 Å². The van der Waals surface area contributed by atoms with Crippen molar-refractivity contribution in [2.75, 3.05) is 13.6 Å². The molecule has 0 aromatic heterocycles. The van der Waals surface area contributed by atoms with E-state index in [1.165, 1.54) is 4.90 Å². The minimum atomic E-state index is -0.332. The molecule has 3 nitrogen and oxygen atoms in total. The van der Waals surface area contributed by atoms with Crippen LogP contribution in [0, 0.1) is 0 Å². The van der Waals surface area contributed by atoms with E-state index in [-0.39, 0.29) is 10.9 Å². The lowest BCUT2D eigenvalue weighted by Gasteiger charge is -2.14. The van der Waals surface area contributed by atoms with Crippen molar-refractivity contribution in [1.29, 1.82) is 0 Å². The van der Waals surface area contributed by atoms with E-state index < -0.39 is 0 Å². The highest BCUT2D eigenvalue weighted by Gasteiger charge is 2.10. The van der Waals surface area contributed by atoms with Crippen LogP contribution in [-0.4, -0.2) is 24.6 Å². The molecular weight excluding hydrogens is 270 g/mol. The molecule has 0 radical (unpaired) electrons. The maximum Gasteiger partial charge on any atom is 0.414 e. The van der Waals surface area contributed by atoms with Crippen LogP contribution in [0.25, 0.3) is 0 Å². The zero-order valence-corrected chi connectivity index (χ0v) is 11.3. The van der Waals surface area contributed by atoms with Crippen molar-refractivity contribution >= 4 is 22.0 Å². The fourth-order valence-corrected chi connectivity index (χ4v) is 1.42. The molecule has 0 spiro atoms. The quantitative estimate of drug-likeness (QED) is 0.795. The Morgan fingerprint density at radius 3 is 2.81 bits per heavy atom. The van der Waals surface area contributed by atoms with Crippen molar-refractivity contribution in [1.82, 2.24) is 4.90 Å². The van der Waals surface area contributed by atoms with Gasteiger partial charge in [-0.25, -0.2) is 4.79 Å². The van der Waals surface area contributed by atoms with Crippen LogP contribution in [0.15, 0.2) is 24.3 Å². The molecule has 0 aliphatic carbocycles. The Bertz CT molecular complexity index is 366. The number of halogens is 1. The molecule has 1 amide bonds. The highest BCUT2D eigenvalue weighted by Crippen LogP contribution is 2.25. The van der Waals surface area contributed by atoms with Crippen LogP contribution >= 0.6 is 15.9 Å². The topological polar surface area (TPSA) is 29.5 Å². The van der Waals surface area contributed by atoms with Gasteiger partial charge >= 0.3 is 6.09 Å². The van der Waals surface area contributed by atoms with E-state index in [4.69, 9.17) is 4.74 Å². The minimum Gasteiger partial charge on any atom is -0.410 e. The summed E-state index contributed by atoms with van der Waals surface area (Å²) in [6.07, 6.45) is -0.332. The summed E-state index contributed by atoms with van der Waals surface area (Å²) in [6.45, 7) is 4.56. The Hall–Kier alpha value is -1.03. The highest BCUT2D eigenvalue weighted by atomic mass is 79.9. The number of amides is 1. The molecule has 1 aromatic carbocycles. The maximum atomic E-state index is 11.5. The SMILES string of the molecule is CCN(C)C(=O)Oc1cccc(C(C)Br)c1. The van der Waals surface area contributed by atoms with Gasteiger partial charge in [0.2, 0.25) is 0 Å². The van der Waals surface area contributed by atoms with E-state index in [9.17, 15) is 4.79 Å². The standard InChI is InChI=1S/C12H16BrNO2/c1-4-14(3)12(15)16-11-7-5-6-10(8-11)9(2)13/h5-9H,4H2,1-3H3. The summed E-state index contributed by atoms with van der Waals surface area (Å²) in [5.74, 6) is 0.578. The number of alkyl halides is 1. The van der Waals surface area contributed by atoms with E-state index in [2.05, 4.69) is 15.9 Å². The minimum absolute atomic E-state index is 0.245. The first kappa shape index (κ1) is 13.0. The van der Waals surface area contributed by atoms with Crippen LogP contribution < -0.4 is 4.74 Å².